The van der Waals surface area contributed by atoms with Crippen molar-refractivity contribution in [2.24, 2.45) is 0 Å². The molecule has 96 valence electrons. The van der Waals surface area contributed by atoms with Gasteiger partial charge in [0.25, 0.3) is 0 Å². The highest BCUT2D eigenvalue weighted by molar-refractivity contribution is 6.01. The van der Waals surface area contributed by atoms with Gasteiger partial charge in [0.15, 0.2) is 0 Å². The van der Waals surface area contributed by atoms with Crippen molar-refractivity contribution in [3.8, 4) is 0 Å². The second kappa shape index (κ2) is 5.01. The van der Waals surface area contributed by atoms with E-state index in [0.29, 0.717) is 12.6 Å². The molecule has 1 N–H and O–H groups in total. The number of hydrogen-bond acceptors (Lipinski definition) is 2. The van der Waals surface area contributed by atoms with Crippen molar-refractivity contribution in [3.05, 3.63) is 24.3 Å². The minimum atomic E-state index is 0.123. The van der Waals surface area contributed by atoms with Crippen molar-refractivity contribution in [3.63, 3.8) is 0 Å². The van der Waals surface area contributed by atoms with Crippen molar-refractivity contribution >= 4 is 17.3 Å². The fourth-order valence-electron chi connectivity index (χ4n) is 3.15. The lowest BCUT2D eigenvalue weighted by atomic mass is 10.0. The van der Waals surface area contributed by atoms with Crippen LogP contribution in [0.1, 0.15) is 38.5 Å². The average molecular weight is 244 g/mol. The quantitative estimate of drug-likeness (QED) is 0.770. The number of nitrogens with zero attached hydrogens (tertiary/aromatic N) is 1. The van der Waals surface area contributed by atoms with Crippen LogP contribution in [0.2, 0.25) is 0 Å². The number of hydrogen-bond donors (Lipinski definition) is 1. The Balaban J connectivity index is 1.89. The van der Waals surface area contributed by atoms with Crippen molar-refractivity contribution in [2.75, 3.05) is 16.8 Å². The molecule has 18 heavy (non-hydrogen) atoms. The predicted molar refractivity (Wildman–Crippen MR) is 73.9 cm³/mol. The summed E-state index contributed by atoms with van der Waals surface area (Å²) in [5.41, 5.74) is 2.17. The van der Waals surface area contributed by atoms with Gasteiger partial charge >= 0.3 is 0 Å². The summed E-state index contributed by atoms with van der Waals surface area (Å²) in [6, 6.07) is 8.70. The molecular weight excluding hydrogens is 224 g/mol. The molecule has 1 saturated carbocycles. The Kier molecular flexibility index (Phi) is 3.22. The van der Waals surface area contributed by atoms with Gasteiger partial charge in [0, 0.05) is 6.04 Å². The number of rotatable bonds is 1. The van der Waals surface area contributed by atoms with E-state index in [2.05, 4.69) is 22.3 Å². The summed E-state index contributed by atoms with van der Waals surface area (Å²) < 4.78 is 0. The van der Waals surface area contributed by atoms with Crippen LogP contribution in [0.3, 0.4) is 0 Å². The molecule has 3 nitrogen and oxygen atoms in total. The van der Waals surface area contributed by atoms with Gasteiger partial charge in [-0.05, 0) is 25.0 Å². The highest BCUT2D eigenvalue weighted by atomic mass is 16.2. The highest BCUT2D eigenvalue weighted by Crippen LogP contribution is 2.34. The molecule has 3 rings (SSSR count). The van der Waals surface area contributed by atoms with E-state index in [1.54, 1.807) is 0 Å². The maximum Gasteiger partial charge on any atom is 0.243 e. The minimum Gasteiger partial charge on any atom is -0.358 e. The third kappa shape index (κ3) is 2.22. The van der Waals surface area contributed by atoms with Crippen LogP contribution in [0.5, 0.6) is 0 Å². The zero-order valence-corrected chi connectivity index (χ0v) is 10.7. The lowest BCUT2D eigenvalue weighted by Gasteiger charge is -2.37. The Morgan fingerprint density at radius 1 is 1.06 bits per heavy atom. The maximum atomic E-state index is 11.8. The summed E-state index contributed by atoms with van der Waals surface area (Å²) in [6.45, 7) is 0.516. The van der Waals surface area contributed by atoms with Gasteiger partial charge in [-0.1, -0.05) is 37.8 Å². The molecule has 0 radical (unpaired) electrons. The fraction of sp³-hybridized carbons (Fsp3) is 0.533. The molecule has 0 spiro atoms. The Hall–Kier alpha value is -1.51. The second-order valence-corrected chi connectivity index (χ2v) is 5.34. The van der Waals surface area contributed by atoms with Crippen LogP contribution in [0.25, 0.3) is 0 Å². The molecule has 1 aliphatic carbocycles. The van der Waals surface area contributed by atoms with Gasteiger partial charge in [0.05, 0.1) is 17.9 Å². The van der Waals surface area contributed by atoms with E-state index < -0.39 is 0 Å². The zero-order chi connectivity index (χ0) is 12.4. The molecule has 2 aliphatic rings. The van der Waals surface area contributed by atoms with Gasteiger partial charge in [0.2, 0.25) is 5.91 Å². The first kappa shape index (κ1) is 11.6. The largest absolute Gasteiger partial charge is 0.358 e. The number of fused-ring (bicyclic) bond motifs is 1. The molecular formula is C15H20N2O. The van der Waals surface area contributed by atoms with E-state index in [1.165, 1.54) is 44.2 Å². The number of para-hydroxylation sites is 2. The lowest BCUT2D eigenvalue weighted by molar-refractivity contribution is -0.115. The van der Waals surface area contributed by atoms with Gasteiger partial charge in [-0.15, -0.1) is 0 Å². The summed E-state index contributed by atoms with van der Waals surface area (Å²) >= 11 is 0. The smallest absolute Gasteiger partial charge is 0.243 e. The van der Waals surface area contributed by atoms with Gasteiger partial charge < -0.3 is 10.2 Å². The Labute approximate surface area is 108 Å². The molecule has 1 amide bonds. The van der Waals surface area contributed by atoms with E-state index in [9.17, 15) is 4.79 Å². The van der Waals surface area contributed by atoms with Crippen molar-refractivity contribution in [2.45, 2.75) is 44.6 Å². The van der Waals surface area contributed by atoms with Crippen LogP contribution in [-0.2, 0) is 4.79 Å². The van der Waals surface area contributed by atoms with Gasteiger partial charge in [0.1, 0.15) is 0 Å². The standard InChI is InChI=1S/C15H20N2O/c18-15-11-17(12-7-3-1-2-4-8-12)14-10-6-5-9-13(14)16-15/h5-6,9-10,12H,1-4,7-8,11H2,(H,16,18). The van der Waals surface area contributed by atoms with Gasteiger partial charge in [-0.2, -0.15) is 0 Å². The van der Waals surface area contributed by atoms with Crippen LogP contribution >= 0.6 is 0 Å². The van der Waals surface area contributed by atoms with Crippen molar-refractivity contribution in [1.29, 1.82) is 0 Å². The molecule has 0 atom stereocenters. The second-order valence-electron chi connectivity index (χ2n) is 5.34. The summed E-state index contributed by atoms with van der Waals surface area (Å²) in [6.07, 6.45) is 7.73. The van der Waals surface area contributed by atoms with E-state index in [-0.39, 0.29) is 5.91 Å². The average Bonchev–Trinajstić information content (AvgIpc) is 2.66. The molecule has 0 bridgehead atoms. The maximum absolute atomic E-state index is 11.8. The molecule has 1 fully saturated rings. The van der Waals surface area contributed by atoms with E-state index in [1.807, 2.05) is 12.1 Å². The molecule has 1 aromatic rings. The number of nitrogens with one attached hydrogen (secondary N) is 1. The van der Waals surface area contributed by atoms with E-state index in [0.717, 1.165) is 5.69 Å². The van der Waals surface area contributed by atoms with E-state index >= 15 is 0 Å². The monoisotopic (exact) mass is 244 g/mol. The Morgan fingerprint density at radius 2 is 1.78 bits per heavy atom. The van der Waals surface area contributed by atoms with Crippen LogP contribution < -0.4 is 10.2 Å². The lowest BCUT2D eigenvalue weighted by Crippen LogP contribution is -2.44. The third-order valence-electron chi connectivity index (χ3n) is 4.07. The minimum absolute atomic E-state index is 0.123. The third-order valence-corrected chi connectivity index (χ3v) is 4.07. The number of carbonyl (C=O) groups excluding carboxylic acids is 1. The number of benzene rings is 1. The van der Waals surface area contributed by atoms with Crippen LogP contribution in [0.15, 0.2) is 24.3 Å². The van der Waals surface area contributed by atoms with Crippen molar-refractivity contribution in [1.82, 2.24) is 0 Å². The zero-order valence-electron chi connectivity index (χ0n) is 10.7. The molecule has 1 heterocycles. The van der Waals surface area contributed by atoms with E-state index in [4.69, 9.17) is 0 Å². The molecule has 3 heteroatoms. The topological polar surface area (TPSA) is 32.3 Å². The fourth-order valence-corrected chi connectivity index (χ4v) is 3.15. The first-order valence-corrected chi connectivity index (χ1v) is 7.00. The van der Waals surface area contributed by atoms with Gasteiger partial charge in [-0.25, -0.2) is 0 Å². The Morgan fingerprint density at radius 3 is 2.56 bits per heavy atom. The highest BCUT2D eigenvalue weighted by Gasteiger charge is 2.27. The molecule has 0 unspecified atom stereocenters. The normalized spacial score (nSPS) is 21.1. The van der Waals surface area contributed by atoms with Crippen LogP contribution in [-0.4, -0.2) is 18.5 Å². The number of amides is 1. The first-order valence-electron chi connectivity index (χ1n) is 7.00. The summed E-state index contributed by atoms with van der Waals surface area (Å²) in [4.78, 5) is 14.1. The number of carbonyl (C=O) groups is 1. The predicted octanol–water partition coefficient (Wildman–Crippen LogP) is 3.17. The van der Waals surface area contributed by atoms with Gasteiger partial charge in [-0.3, -0.25) is 4.79 Å². The molecule has 1 aliphatic heterocycles. The Bertz CT molecular complexity index is 436. The molecule has 0 saturated heterocycles. The molecule has 1 aromatic carbocycles. The van der Waals surface area contributed by atoms with Crippen molar-refractivity contribution < 1.29 is 4.79 Å². The SMILES string of the molecule is O=C1CN(C2CCCCCC2)c2ccccc2N1. The summed E-state index contributed by atoms with van der Waals surface area (Å²) in [5, 5.41) is 2.96. The van der Waals surface area contributed by atoms with Crippen LogP contribution in [0, 0.1) is 0 Å². The first-order chi connectivity index (χ1) is 8.84. The van der Waals surface area contributed by atoms with Crippen LogP contribution in [0.4, 0.5) is 11.4 Å². The summed E-state index contributed by atoms with van der Waals surface area (Å²) in [7, 11) is 0. The molecule has 0 aromatic heterocycles. The number of anilines is 2. The summed E-state index contributed by atoms with van der Waals surface area (Å²) in [5.74, 6) is 0.123.